The first-order valence-electron chi connectivity index (χ1n) is 7.01. The van der Waals surface area contributed by atoms with E-state index >= 15 is 0 Å². The molecule has 0 bridgehead atoms. The molecule has 1 rings (SSSR count). The lowest BCUT2D eigenvalue weighted by molar-refractivity contribution is -0.142. The van der Waals surface area contributed by atoms with Crippen molar-refractivity contribution >= 4 is 21.9 Å². The van der Waals surface area contributed by atoms with Crippen LogP contribution in [0.3, 0.4) is 0 Å². The van der Waals surface area contributed by atoms with Crippen molar-refractivity contribution in [1.82, 2.24) is 5.32 Å². The van der Waals surface area contributed by atoms with Crippen LogP contribution in [0.2, 0.25) is 0 Å². The minimum atomic E-state index is -3.41. The number of carboxylic acid groups (broad SMARTS) is 1. The van der Waals surface area contributed by atoms with Gasteiger partial charge >= 0.3 is 12.1 Å². The van der Waals surface area contributed by atoms with Crippen LogP contribution in [-0.4, -0.2) is 48.6 Å². The minimum absolute atomic E-state index is 0.0328. The van der Waals surface area contributed by atoms with Crippen LogP contribution in [0.15, 0.2) is 29.2 Å². The zero-order valence-corrected chi connectivity index (χ0v) is 14.6. The summed E-state index contributed by atoms with van der Waals surface area (Å²) < 4.78 is 27.8. The fraction of sp³-hybridized carbons (Fsp3) is 0.467. The second kappa shape index (κ2) is 7.18. The summed E-state index contributed by atoms with van der Waals surface area (Å²) in [5.74, 6) is -1.46. The number of ether oxygens (including phenoxy) is 1. The van der Waals surface area contributed by atoms with Gasteiger partial charge in [-0.2, -0.15) is 0 Å². The van der Waals surface area contributed by atoms with Crippen molar-refractivity contribution in [3.05, 3.63) is 29.8 Å². The van der Waals surface area contributed by atoms with Crippen LogP contribution < -0.4 is 5.32 Å². The van der Waals surface area contributed by atoms with E-state index in [-0.39, 0.29) is 10.5 Å². The van der Waals surface area contributed by atoms with Gasteiger partial charge in [0.1, 0.15) is 11.7 Å². The minimum Gasteiger partial charge on any atom is -0.480 e. The molecule has 1 aromatic rings. The molecule has 0 heterocycles. The molecule has 8 nitrogen and oxygen atoms in total. The second-order valence-corrected chi connectivity index (χ2v) is 8.26. The lowest BCUT2D eigenvalue weighted by Gasteiger charge is -2.24. The maximum atomic E-state index is 11.7. The van der Waals surface area contributed by atoms with Gasteiger partial charge in [-0.15, -0.1) is 0 Å². The summed E-state index contributed by atoms with van der Waals surface area (Å²) in [7, 11) is -3.41. The van der Waals surface area contributed by atoms with Crippen LogP contribution in [-0.2, 0) is 19.4 Å². The van der Waals surface area contributed by atoms with Crippen LogP contribution in [0.5, 0.6) is 0 Å². The van der Waals surface area contributed by atoms with Crippen molar-refractivity contribution in [2.24, 2.45) is 0 Å². The summed E-state index contributed by atoms with van der Waals surface area (Å²) in [6, 6.07) is 3.42. The van der Waals surface area contributed by atoms with Crippen molar-refractivity contribution in [3.63, 3.8) is 0 Å². The third kappa shape index (κ3) is 5.82. The molecular weight excluding hydrogens is 338 g/mol. The van der Waals surface area contributed by atoms with Crippen molar-refractivity contribution < 1.29 is 33.0 Å². The van der Waals surface area contributed by atoms with Crippen LogP contribution in [0.1, 0.15) is 32.4 Å². The summed E-state index contributed by atoms with van der Waals surface area (Å²) >= 11 is 0. The van der Waals surface area contributed by atoms with Crippen LogP contribution in [0, 0.1) is 0 Å². The van der Waals surface area contributed by atoms with E-state index < -0.39 is 39.6 Å². The van der Waals surface area contributed by atoms with Crippen molar-refractivity contribution in [2.75, 3.05) is 6.26 Å². The van der Waals surface area contributed by atoms with E-state index in [1.165, 1.54) is 24.3 Å². The van der Waals surface area contributed by atoms with Gasteiger partial charge < -0.3 is 20.3 Å². The fourth-order valence-corrected chi connectivity index (χ4v) is 2.45. The van der Waals surface area contributed by atoms with Gasteiger partial charge in [0.25, 0.3) is 0 Å². The van der Waals surface area contributed by atoms with Gasteiger partial charge in [0, 0.05) is 6.26 Å². The molecule has 24 heavy (non-hydrogen) atoms. The third-order valence-corrected chi connectivity index (χ3v) is 4.03. The molecule has 9 heteroatoms. The molecule has 3 N–H and O–H groups in total. The standard InChI is InChI=1S/C15H21NO7S/c1-15(2,3)23-14(20)16-11(13(18)19)12(17)9-5-7-10(8-6-9)24(4,21)22/h5-8,11-12,17H,1-4H3,(H,16,20)(H,18,19). The molecule has 0 saturated carbocycles. The smallest absolute Gasteiger partial charge is 0.408 e. The van der Waals surface area contributed by atoms with E-state index in [4.69, 9.17) is 4.74 Å². The quantitative estimate of drug-likeness (QED) is 0.717. The Kier molecular flexibility index (Phi) is 5.96. The number of aliphatic carboxylic acids is 1. The predicted octanol–water partition coefficient (Wildman–Crippen LogP) is 1.10. The summed E-state index contributed by atoms with van der Waals surface area (Å²) in [6.07, 6.45) is -1.53. The first-order chi connectivity index (χ1) is 10.8. The van der Waals surface area contributed by atoms with E-state index in [1.54, 1.807) is 20.8 Å². The highest BCUT2D eigenvalue weighted by atomic mass is 32.2. The summed E-state index contributed by atoms with van der Waals surface area (Å²) in [4.78, 5) is 23.1. The fourth-order valence-electron chi connectivity index (χ4n) is 1.81. The van der Waals surface area contributed by atoms with E-state index in [1.807, 2.05) is 0 Å². The van der Waals surface area contributed by atoms with Crippen LogP contribution >= 0.6 is 0 Å². The molecule has 0 aromatic heterocycles. The normalized spacial score (nSPS) is 14.5. The molecule has 0 aliphatic heterocycles. The summed E-state index contributed by atoms with van der Waals surface area (Å²) in [5, 5.41) is 21.5. The number of nitrogens with one attached hydrogen (secondary N) is 1. The van der Waals surface area contributed by atoms with E-state index in [9.17, 15) is 28.2 Å². The predicted molar refractivity (Wildman–Crippen MR) is 85.3 cm³/mol. The Morgan fingerprint density at radius 2 is 1.67 bits per heavy atom. The average molecular weight is 359 g/mol. The third-order valence-electron chi connectivity index (χ3n) is 2.90. The van der Waals surface area contributed by atoms with Gasteiger partial charge in [0.15, 0.2) is 15.9 Å². The van der Waals surface area contributed by atoms with Crippen LogP contribution in [0.25, 0.3) is 0 Å². The Balaban J connectivity index is 2.96. The number of alkyl carbamates (subject to hydrolysis) is 1. The van der Waals surface area contributed by atoms with Gasteiger partial charge in [-0.1, -0.05) is 12.1 Å². The zero-order valence-electron chi connectivity index (χ0n) is 13.8. The van der Waals surface area contributed by atoms with Crippen molar-refractivity contribution in [3.8, 4) is 0 Å². The molecule has 1 amide bonds. The number of benzene rings is 1. The first kappa shape index (κ1) is 19.9. The maximum absolute atomic E-state index is 11.7. The Hall–Kier alpha value is -2.13. The molecule has 0 fully saturated rings. The SMILES string of the molecule is CC(C)(C)OC(=O)NC(C(=O)O)C(O)c1ccc(S(C)(=O)=O)cc1. The zero-order chi connectivity index (χ0) is 18.7. The Bertz CT molecular complexity index is 704. The van der Waals surface area contributed by atoms with Crippen molar-refractivity contribution in [2.45, 2.75) is 43.4 Å². The topological polar surface area (TPSA) is 130 Å². The number of carboxylic acids is 1. The van der Waals surface area contributed by atoms with E-state index in [2.05, 4.69) is 5.32 Å². The molecule has 0 aliphatic rings. The number of amides is 1. The summed E-state index contributed by atoms with van der Waals surface area (Å²) in [5.41, 5.74) is -0.680. The molecule has 134 valence electrons. The number of hydrogen-bond donors (Lipinski definition) is 3. The van der Waals surface area contributed by atoms with Gasteiger partial charge in [-0.25, -0.2) is 18.0 Å². The number of rotatable bonds is 5. The molecule has 2 unspecified atom stereocenters. The van der Waals surface area contributed by atoms with Gasteiger partial charge in [0.2, 0.25) is 0 Å². The lowest BCUT2D eigenvalue weighted by Crippen LogP contribution is -2.46. The first-order valence-corrected chi connectivity index (χ1v) is 8.91. The Morgan fingerprint density at radius 1 is 1.17 bits per heavy atom. The number of hydrogen-bond acceptors (Lipinski definition) is 6. The lowest BCUT2D eigenvalue weighted by atomic mass is 10.0. The van der Waals surface area contributed by atoms with Gasteiger partial charge in [-0.3, -0.25) is 0 Å². The Labute approximate surface area is 140 Å². The number of aliphatic hydroxyl groups excluding tert-OH is 1. The highest BCUT2D eigenvalue weighted by Gasteiger charge is 2.31. The molecule has 0 saturated heterocycles. The number of carbonyl (C=O) groups excluding carboxylic acids is 1. The number of aliphatic hydroxyl groups is 1. The highest BCUT2D eigenvalue weighted by molar-refractivity contribution is 7.90. The average Bonchev–Trinajstić information content (AvgIpc) is 2.41. The van der Waals surface area contributed by atoms with E-state index in [0.29, 0.717) is 0 Å². The van der Waals surface area contributed by atoms with E-state index in [0.717, 1.165) is 6.26 Å². The maximum Gasteiger partial charge on any atom is 0.408 e. The molecule has 1 aromatic carbocycles. The Morgan fingerprint density at radius 3 is 2.04 bits per heavy atom. The highest BCUT2D eigenvalue weighted by Crippen LogP contribution is 2.20. The monoisotopic (exact) mass is 359 g/mol. The number of sulfone groups is 1. The van der Waals surface area contributed by atoms with Gasteiger partial charge in [-0.05, 0) is 38.5 Å². The molecule has 2 atom stereocenters. The molecule has 0 spiro atoms. The second-order valence-electron chi connectivity index (χ2n) is 6.25. The molecule has 0 aliphatic carbocycles. The molecule has 0 radical (unpaired) electrons. The molecular formula is C15H21NO7S. The van der Waals surface area contributed by atoms with Crippen molar-refractivity contribution in [1.29, 1.82) is 0 Å². The van der Waals surface area contributed by atoms with Crippen LogP contribution in [0.4, 0.5) is 4.79 Å². The largest absolute Gasteiger partial charge is 0.480 e. The number of carbonyl (C=O) groups is 2. The van der Waals surface area contributed by atoms with Gasteiger partial charge in [0.05, 0.1) is 4.90 Å². The summed E-state index contributed by atoms with van der Waals surface area (Å²) in [6.45, 7) is 4.84.